The predicted octanol–water partition coefficient (Wildman–Crippen LogP) is 0.530. The molecule has 1 unspecified atom stereocenters. The number of carbonyl (C=O) groups excluding carboxylic acids is 1. The van der Waals surface area contributed by atoms with Crippen molar-refractivity contribution in [1.29, 1.82) is 0 Å². The van der Waals surface area contributed by atoms with Crippen LogP contribution in [0.2, 0.25) is 0 Å². The maximum absolute atomic E-state index is 12.2. The lowest BCUT2D eigenvalue weighted by atomic mass is 10.1. The van der Waals surface area contributed by atoms with Crippen molar-refractivity contribution in [3.63, 3.8) is 0 Å². The zero-order valence-corrected chi connectivity index (χ0v) is 10.3. The van der Waals surface area contributed by atoms with Crippen LogP contribution < -0.4 is 0 Å². The molecule has 0 aliphatic carbocycles. The fraction of sp³-hybridized carbons (Fsp3) is 0.545. The maximum Gasteiger partial charge on any atom is 0.287 e. The van der Waals surface area contributed by atoms with Gasteiger partial charge in [0.05, 0.1) is 16.7 Å². The van der Waals surface area contributed by atoms with Gasteiger partial charge in [-0.1, -0.05) is 0 Å². The molecule has 1 aliphatic rings. The van der Waals surface area contributed by atoms with E-state index in [0.717, 1.165) is 0 Å². The molecule has 0 aromatic carbocycles. The second-order valence-corrected chi connectivity index (χ2v) is 4.93. The molecule has 98 valence electrons. The summed E-state index contributed by atoms with van der Waals surface area (Å²) in [7, 11) is 1.59. The minimum Gasteiger partial charge on any atom is -0.388 e. The molecule has 7 heteroatoms. The zero-order valence-electron chi connectivity index (χ0n) is 10.3. The third-order valence-electron chi connectivity index (χ3n) is 3.16. The number of aromatic nitrogens is 1. The van der Waals surface area contributed by atoms with Gasteiger partial charge in [0.1, 0.15) is 5.69 Å². The summed E-state index contributed by atoms with van der Waals surface area (Å²) in [6, 6.07) is 1.26. The topological polar surface area (TPSA) is 88.6 Å². The number of amides is 1. The smallest absolute Gasteiger partial charge is 0.287 e. The summed E-state index contributed by atoms with van der Waals surface area (Å²) in [6.45, 7) is 2.39. The first-order chi connectivity index (χ1) is 8.30. The predicted molar refractivity (Wildman–Crippen MR) is 63.2 cm³/mol. The summed E-state index contributed by atoms with van der Waals surface area (Å²) in [5, 5.41) is 20.5. The Morgan fingerprint density at radius 1 is 1.61 bits per heavy atom. The third kappa shape index (κ3) is 2.21. The molecule has 1 aromatic rings. The van der Waals surface area contributed by atoms with Crippen molar-refractivity contribution in [1.82, 2.24) is 9.47 Å². The van der Waals surface area contributed by atoms with Crippen molar-refractivity contribution >= 4 is 11.6 Å². The molecule has 1 aromatic heterocycles. The second kappa shape index (κ2) is 4.09. The second-order valence-electron chi connectivity index (χ2n) is 4.93. The molecular formula is C11H15N3O4. The fourth-order valence-corrected chi connectivity index (χ4v) is 2.14. The maximum atomic E-state index is 12.2. The van der Waals surface area contributed by atoms with Crippen LogP contribution in [0.1, 0.15) is 23.8 Å². The fourth-order valence-electron chi connectivity index (χ4n) is 2.14. The Bertz CT molecular complexity index is 506. The van der Waals surface area contributed by atoms with E-state index in [2.05, 4.69) is 0 Å². The van der Waals surface area contributed by atoms with E-state index in [1.54, 1.807) is 14.0 Å². The van der Waals surface area contributed by atoms with Gasteiger partial charge in [0.25, 0.3) is 11.6 Å². The van der Waals surface area contributed by atoms with Crippen molar-refractivity contribution in [2.24, 2.45) is 7.05 Å². The zero-order chi connectivity index (χ0) is 13.5. The molecule has 1 saturated heterocycles. The van der Waals surface area contributed by atoms with Gasteiger partial charge in [-0.2, -0.15) is 0 Å². The Kier molecular flexibility index (Phi) is 2.86. The number of aliphatic hydroxyl groups is 1. The van der Waals surface area contributed by atoms with Gasteiger partial charge in [0, 0.05) is 26.2 Å². The molecule has 1 aliphatic heterocycles. The highest BCUT2D eigenvalue weighted by Crippen LogP contribution is 2.23. The molecule has 0 spiro atoms. The number of aryl methyl sites for hydroxylation is 1. The van der Waals surface area contributed by atoms with Crippen LogP contribution in [-0.2, 0) is 7.05 Å². The molecule has 1 atom stereocenters. The number of carbonyl (C=O) groups is 1. The summed E-state index contributed by atoms with van der Waals surface area (Å²) in [4.78, 5) is 23.8. The molecule has 0 saturated carbocycles. The van der Waals surface area contributed by atoms with Gasteiger partial charge >= 0.3 is 0 Å². The highest BCUT2D eigenvalue weighted by atomic mass is 16.6. The van der Waals surface area contributed by atoms with E-state index in [-0.39, 0.29) is 23.8 Å². The van der Waals surface area contributed by atoms with Gasteiger partial charge in [-0.25, -0.2) is 0 Å². The molecule has 2 rings (SSSR count). The van der Waals surface area contributed by atoms with Gasteiger partial charge in [-0.05, 0) is 13.3 Å². The lowest BCUT2D eigenvalue weighted by molar-refractivity contribution is -0.384. The van der Waals surface area contributed by atoms with Gasteiger partial charge in [-0.3, -0.25) is 14.9 Å². The lowest BCUT2D eigenvalue weighted by Gasteiger charge is -2.18. The largest absolute Gasteiger partial charge is 0.388 e. The van der Waals surface area contributed by atoms with Crippen molar-refractivity contribution in [2.75, 3.05) is 13.1 Å². The van der Waals surface area contributed by atoms with E-state index >= 15 is 0 Å². The standard InChI is InChI=1S/C11H15N3O4/c1-11(16)3-4-13(7-11)10(15)9-5-8(14(17)18)6-12(9)2/h5-6,16H,3-4,7H2,1-2H3. The van der Waals surface area contributed by atoms with Crippen LogP contribution in [-0.4, -0.2) is 44.1 Å². The summed E-state index contributed by atoms with van der Waals surface area (Å²) in [5.41, 5.74) is -0.710. The van der Waals surface area contributed by atoms with Crippen LogP contribution in [0, 0.1) is 10.1 Å². The van der Waals surface area contributed by atoms with Crippen LogP contribution in [0.15, 0.2) is 12.3 Å². The Balaban J connectivity index is 2.22. The molecule has 7 nitrogen and oxygen atoms in total. The minimum atomic E-state index is -0.868. The number of rotatable bonds is 2. The van der Waals surface area contributed by atoms with Crippen LogP contribution >= 0.6 is 0 Å². The quantitative estimate of drug-likeness (QED) is 0.615. The first kappa shape index (κ1) is 12.6. The third-order valence-corrected chi connectivity index (χ3v) is 3.16. The normalized spacial score (nSPS) is 23.4. The highest BCUT2D eigenvalue weighted by Gasteiger charge is 2.35. The van der Waals surface area contributed by atoms with Gasteiger partial charge in [0.2, 0.25) is 0 Å². The van der Waals surface area contributed by atoms with E-state index in [0.29, 0.717) is 13.0 Å². The summed E-state index contributed by atoms with van der Waals surface area (Å²) in [6.07, 6.45) is 1.83. The minimum absolute atomic E-state index is 0.105. The Morgan fingerprint density at radius 2 is 2.28 bits per heavy atom. The van der Waals surface area contributed by atoms with Crippen LogP contribution in [0.25, 0.3) is 0 Å². The molecule has 0 bridgehead atoms. The monoisotopic (exact) mass is 253 g/mol. The molecule has 1 amide bonds. The van der Waals surface area contributed by atoms with Crippen molar-refractivity contribution in [2.45, 2.75) is 18.9 Å². The molecule has 1 fully saturated rings. The van der Waals surface area contributed by atoms with E-state index in [1.807, 2.05) is 0 Å². The number of β-amino-alcohol motifs (C(OH)–C–C–N with tert-alkyl or cyclic N) is 1. The molecule has 2 heterocycles. The highest BCUT2D eigenvalue weighted by molar-refractivity contribution is 5.93. The number of hydrogen-bond donors (Lipinski definition) is 1. The number of nitrogens with zero attached hydrogens (tertiary/aromatic N) is 3. The molecular weight excluding hydrogens is 238 g/mol. The van der Waals surface area contributed by atoms with Crippen molar-refractivity contribution < 1.29 is 14.8 Å². The van der Waals surface area contributed by atoms with Gasteiger partial charge in [-0.15, -0.1) is 0 Å². The van der Waals surface area contributed by atoms with Gasteiger partial charge in [0.15, 0.2) is 0 Å². The average Bonchev–Trinajstić information content (AvgIpc) is 2.81. The molecule has 18 heavy (non-hydrogen) atoms. The van der Waals surface area contributed by atoms with Crippen LogP contribution in [0.4, 0.5) is 5.69 Å². The lowest BCUT2D eigenvalue weighted by Crippen LogP contribution is -2.34. The summed E-state index contributed by atoms with van der Waals surface area (Å²) >= 11 is 0. The van der Waals surface area contributed by atoms with Crippen molar-refractivity contribution in [3.05, 3.63) is 28.1 Å². The Hall–Kier alpha value is -1.89. The van der Waals surface area contributed by atoms with E-state index in [1.165, 1.54) is 21.7 Å². The Labute approximate surface area is 104 Å². The van der Waals surface area contributed by atoms with E-state index in [9.17, 15) is 20.0 Å². The van der Waals surface area contributed by atoms with E-state index in [4.69, 9.17) is 0 Å². The molecule has 0 radical (unpaired) electrons. The summed E-state index contributed by atoms with van der Waals surface area (Å²) in [5.74, 6) is -0.289. The first-order valence-corrected chi connectivity index (χ1v) is 5.62. The van der Waals surface area contributed by atoms with Crippen LogP contribution in [0.5, 0.6) is 0 Å². The Morgan fingerprint density at radius 3 is 2.72 bits per heavy atom. The molecule has 1 N–H and O–H groups in total. The van der Waals surface area contributed by atoms with E-state index < -0.39 is 10.5 Å². The van der Waals surface area contributed by atoms with Crippen molar-refractivity contribution in [3.8, 4) is 0 Å². The summed E-state index contributed by atoms with van der Waals surface area (Å²) < 4.78 is 1.44. The number of likely N-dealkylation sites (tertiary alicyclic amines) is 1. The average molecular weight is 253 g/mol. The number of nitro groups is 1. The van der Waals surface area contributed by atoms with Gasteiger partial charge < -0.3 is 14.6 Å². The first-order valence-electron chi connectivity index (χ1n) is 5.62. The SMILES string of the molecule is Cn1cc([N+](=O)[O-])cc1C(=O)N1CCC(C)(O)C1. The number of hydrogen-bond acceptors (Lipinski definition) is 4. The van der Waals surface area contributed by atoms with Crippen LogP contribution in [0.3, 0.4) is 0 Å².